The van der Waals surface area contributed by atoms with Crippen molar-refractivity contribution >= 4 is 35.3 Å². The van der Waals surface area contributed by atoms with E-state index in [1.165, 1.54) is 0 Å². The Morgan fingerprint density at radius 3 is 1.45 bits per heavy atom. The van der Waals surface area contributed by atoms with E-state index in [2.05, 4.69) is 61.3 Å². The zero-order valence-corrected chi connectivity index (χ0v) is 34.1. The third-order valence-electron chi connectivity index (χ3n) is 9.35. The van der Waals surface area contributed by atoms with Gasteiger partial charge in [0.25, 0.3) is 0 Å². The molecule has 0 bridgehead atoms. The minimum Gasteiger partial charge on any atom is -0.355 e. The molecule has 2 N–H and O–H groups in total. The van der Waals surface area contributed by atoms with Gasteiger partial charge >= 0.3 is 0 Å². The van der Waals surface area contributed by atoms with E-state index in [9.17, 15) is 9.59 Å². The number of hydrogen-bond acceptors (Lipinski definition) is 16. The maximum atomic E-state index is 13.0. The number of aromatic nitrogens is 10. The SMILES string of the molecule is CSc1ccc(-c2noc(Cn3cc(CN4CCCCN(Cc5cn(Cc6nc(-c7ccc(SC)cc7)no6)nn5)CC(=O)NCCCCNC(=O)C4)nn3)n2)cc1. The number of benzene rings is 2. The highest BCUT2D eigenvalue weighted by atomic mass is 32.2. The molecule has 0 radical (unpaired) electrons. The molecule has 6 aromatic rings. The Hall–Kier alpha value is -5.44. The minimum atomic E-state index is -0.0567. The van der Waals surface area contributed by atoms with Gasteiger partial charge in [0.05, 0.1) is 36.9 Å². The number of nitrogens with one attached hydrogen (secondary N) is 2. The predicted molar refractivity (Wildman–Crippen MR) is 216 cm³/mol. The molecule has 7 rings (SSSR count). The molecular weight excluding hydrogens is 781 g/mol. The van der Waals surface area contributed by atoms with Crippen LogP contribution in [0.5, 0.6) is 0 Å². The van der Waals surface area contributed by atoms with E-state index in [-0.39, 0.29) is 38.0 Å². The van der Waals surface area contributed by atoms with E-state index in [0.29, 0.717) is 62.7 Å². The molecule has 5 heterocycles. The van der Waals surface area contributed by atoms with Gasteiger partial charge < -0.3 is 19.7 Å². The third kappa shape index (κ3) is 11.8. The van der Waals surface area contributed by atoms with Crippen LogP contribution in [0.1, 0.15) is 48.9 Å². The van der Waals surface area contributed by atoms with Crippen LogP contribution in [-0.4, -0.2) is 124 Å². The summed E-state index contributed by atoms with van der Waals surface area (Å²) >= 11 is 3.34. The molecule has 1 saturated heterocycles. The highest BCUT2D eigenvalue weighted by Crippen LogP contribution is 2.22. The zero-order chi connectivity index (χ0) is 40.1. The van der Waals surface area contributed by atoms with E-state index in [1.807, 2.05) is 73.4 Å². The fourth-order valence-corrected chi connectivity index (χ4v) is 7.20. The first-order valence-corrected chi connectivity index (χ1v) is 21.5. The van der Waals surface area contributed by atoms with Crippen LogP contribution in [-0.2, 0) is 35.8 Å². The first-order chi connectivity index (χ1) is 28.4. The highest BCUT2D eigenvalue weighted by molar-refractivity contribution is 7.98. The van der Waals surface area contributed by atoms with Gasteiger partial charge in [-0.15, -0.1) is 33.7 Å². The lowest BCUT2D eigenvalue weighted by Crippen LogP contribution is -2.40. The van der Waals surface area contributed by atoms with E-state index in [4.69, 9.17) is 9.05 Å². The number of thioether (sulfide) groups is 2. The van der Waals surface area contributed by atoms with Crippen LogP contribution in [0.2, 0.25) is 0 Å². The van der Waals surface area contributed by atoms with Gasteiger partial charge in [0.1, 0.15) is 13.1 Å². The first kappa shape index (κ1) is 40.7. The second-order valence-corrected chi connectivity index (χ2v) is 15.6. The standard InChI is InChI=1S/C38H46N14O4S2/c1-57-31-11-7-27(8-12-31)37-41-35(55-45-37)25-51-21-29(43-47-51)19-49-17-5-6-18-50(24-34(54)40-16-4-3-15-39-33(53)23-49)20-30-22-52(48-44-30)26-36-42-38(46-56-36)28-9-13-32(58-2)14-10-28/h7-14,21-22H,3-6,15-20,23-26H2,1-2H3,(H,39,53)(H,40,54). The quantitative estimate of drug-likeness (QED) is 0.169. The van der Waals surface area contributed by atoms with Crippen molar-refractivity contribution in [3.63, 3.8) is 0 Å². The van der Waals surface area contributed by atoms with Crippen molar-refractivity contribution < 1.29 is 18.6 Å². The molecule has 1 fully saturated rings. The van der Waals surface area contributed by atoms with Crippen LogP contribution in [0.3, 0.4) is 0 Å². The average molecular weight is 827 g/mol. The normalized spacial score (nSPS) is 15.7. The van der Waals surface area contributed by atoms with Crippen LogP contribution >= 0.6 is 23.5 Å². The Balaban J connectivity index is 0.939. The average Bonchev–Trinajstić information content (AvgIpc) is 4.07. The molecule has 0 aliphatic carbocycles. The van der Waals surface area contributed by atoms with Crippen molar-refractivity contribution in [2.75, 3.05) is 51.8 Å². The van der Waals surface area contributed by atoms with Crippen LogP contribution in [0, 0.1) is 0 Å². The number of amides is 2. The summed E-state index contributed by atoms with van der Waals surface area (Å²) in [7, 11) is 0. The molecular formula is C38H46N14O4S2. The molecule has 58 heavy (non-hydrogen) atoms. The maximum absolute atomic E-state index is 13.0. The van der Waals surface area contributed by atoms with Crippen molar-refractivity contribution in [1.82, 2.24) is 70.7 Å². The van der Waals surface area contributed by atoms with Gasteiger partial charge in [0, 0.05) is 47.1 Å². The van der Waals surface area contributed by atoms with E-state index < -0.39 is 0 Å². The number of carbonyl (C=O) groups excluding carboxylic acids is 2. The predicted octanol–water partition coefficient (Wildman–Crippen LogP) is 3.62. The smallest absolute Gasteiger partial charge is 0.248 e. The molecule has 304 valence electrons. The lowest BCUT2D eigenvalue weighted by molar-refractivity contribution is -0.123. The monoisotopic (exact) mass is 826 g/mol. The molecule has 0 spiro atoms. The fraction of sp³-hybridized carbons (Fsp3) is 0.421. The number of rotatable bonds is 12. The Labute approximate surface area is 343 Å². The summed E-state index contributed by atoms with van der Waals surface area (Å²) in [6, 6.07) is 16.0. The number of hydrogen-bond donors (Lipinski definition) is 2. The van der Waals surface area contributed by atoms with Gasteiger partial charge in [-0.05, 0) is 99.8 Å². The van der Waals surface area contributed by atoms with Crippen LogP contribution < -0.4 is 10.6 Å². The molecule has 0 saturated carbocycles. The summed E-state index contributed by atoms with van der Waals surface area (Å²) in [4.78, 5) is 41.5. The van der Waals surface area contributed by atoms with Crippen molar-refractivity contribution in [2.24, 2.45) is 0 Å². The molecule has 18 nitrogen and oxygen atoms in total. The topological polar surface area (TPSA) is 204 Å². The Morgan fingerprint density at radius 1 is 0.603 bits per heavy atom. The van der Waals surface area contributed by atoms with Crippen molar-refractivity contribution in [3.8, 4) is 22.8 Å². The van der Waals surface area contributed by atoms with Gasteiger partial charge in [0.15, 0.2) is 0 Å². The summed E-state index contributed by atoms with van der Waals surface area (Å²) in [6.07, 6.45) is 10.8. The molecule has 1 aliphatic rings. The van der Waals surface area contributed by atoms with Crippen molar-refractivity contribution in [2.45, 2.75) is 61.7 Å². The molecule has 2 amide bonds. The molecule has 0 unspecified atom stereocenters. The van der Waals surface area contributed by atoms with Gasteiger partial charge in [-0.3, -0.25) is 19.4 Å². The van der Waals surface area contributed by atoms with E-state index in [0.717, 1.165) is 58.0 Å². The Bertz CT molecular complexity index is 2060. The fourth-order valence-electron chi connectivity index (χ4n) is 6.39. The van der Waals surface area contributed by atoms with Crippen LogP contribution in [0.4, 0.5) is 0 Å². The molecule has 4 aromatic heterocycles. The lowest BCUT2D eigenvalue weighted by Gasteiger charge is -2.23. The number of nitrogens with zero attached hydrogens (tertiary/aromatic N) is 12. The van der Waals surface area contributed by atoms with Crippen LogP contribution in [0.15, 0.2) is 79.8 Å². The van der Waals surface area contributed by atoms with Gasteiger partial charge in [-0.25, -0.2) is 9.36 Å². The largest absolute Gasteiger partial charge is 0.355 e. The van der Waals surface area contributed by atoms with Crippen LogP contribution in [0.25, 0.3) is 22.8 Å². The molecule has 20 heteroatoms. The lowest BCUT2D eigenvalue weighted by atomic mass is 10.2. The summed E-state index contributed by atoms with van der Waals surface area (Å²) in [5.41, 5.74) is 3.18. The molecule has 0 atom stereocenters. The highest BCUT2D eigenvalue weighted by Gasteiger charge is 2.18. The summed E-state index contributed by atoms with van der Waals surface area (Å²) < 4.78 is 14.3. The van der Waals surface area contributed by atoms with Crippen molar-refractivity contribution in [3.05, 3.63) is 84.1 Å². The van der Waals surface area contributed by atoms with Gasteiger partial charge in [-0.2, -0.15) is 9.97 Å². The van der Waals surface area contributed by atoms with E-state index in [1.54, 1.807) is 32.9 Å². The van der Waals surface area contributed by atoms with Gasteiger partial charge in [0.2, 0.25) is 35.2 Å². The zero-order valence-electron chi connectivity index (χ0n) is 32.5. The summed E-state index contributed by atoms with van der Waals surface area (Å²) in [5, 5.41) is 31.6. The second-order valence-electron chi connectivity index (χ2n) is 13.8. The first-order valence-electron chi connectivity index (χ1n) is 19.1. The third-order valence-corrected chi connectivity index (χ3v) is 10.8. The minimum absolute atomic E-state index is 0.0567. The van der Waals surface area contributed by atoms with E-state index >= 15 is 0 Å². The summed E-state index contributed by atoms with van der Waals surface area (Å²) in [6.45, 7) is 4.22. The maximum Gasteiger partial charge on any atom is 0.248 e. The molecule has 2 aromatic carbocycles. The number of carbonyl (C=O) groups is 2. The second kappa shape index (κ2) is 20.3. The Morgan fingerprint density at radius 2 is 1.03 bits per heavy atom. The Kier molecular flexibility index (Phi) is 14.3. The molecule has 1 aliphatic heterocycles. The summed E-state index contributed by atoms with van der Waals surface area (Å²) in [5.74, 6) is 1.75. The van der Waals surface area contributed by atoms with Gasteiger partial charge in [-0.1, -0.05) is 20.7 Å². The van der Waals surface area contributed by atoms with Crippen molar-refractivity contribution in [1.29, 1.82) is 0 Å².